The molecule has 1 aliphatic rings. The molecule has 0 N–H and O–H groups in total. The molecule has 0 radical (unpaired) electrons. The molecule has 1 saturated carbocycles. The monoisotopic (exact) mass is 324 g/mol. The molecule has 1 fully saturated rings. The maximum atomic E-state index is 13.3. The van der Waals surface area contributed by atoms with Gasteiger partial charge in [-0.1, -0.05) is 23.7 Å². The number of hydrogen-bond donors (Lipinski definition) is 0. The van der Waals surface area contributed by atoms with E-state index in [0.717, 1.165) is 36.3 Å². The second kappa shape index (κ2) is 6.13. The number of halogens is 3. The Morgan fingerprint density at radius 3 is 2.55 bits per heavy atom. The molecule has 0 bridgehead atoms. The Hall–Kier alpha value is -1.81. The minimum absolute atomic E-state index is 0.0433. The molecule has 0 atom stereocenters. The second-order valence-electron chi connectivity index (χ2n) is 5.29. The molecule has 116 valence electrons. The first-order valence-corrected chi connectivity index (χ1v) is 7.41. The SMILES string of the molecule is COc1cccc(C2CC2)c1COc1cc(F)c(F)cc1Cl. The predicted octanol–water partition coefficient (Wildman–Crippen LogP) is 5.08. The van der Waals surface area contributed by atoms with E-state index >= 15 is 0 Å². The highest BCUT2D eigenvalue weighted by Crippen LogP contribution is 2.44. The lowest BCUT2D eigenvalue weighted by Crippen LogP contribution is -2.03. The van der Waals surface area contributed by atoms with E-state index in [1.807, 2.05) is 18.2 Å². The first kappa shape index (κ1) is 15.1. The van der Waals surface area contributed by atoms with Crippen LogP contribution in [0.15, 0.2) is 30.3 Å². The summed E-state index contributed by atoms with van der Waals surface area (Å²) in [6.07, 6.45) is 2.29. The molecule has 1 aliphatic carbocycles. The first-order chi connectivity index (χ1) is 10.6. The highest BCUT2D eigenvalue weighted by atomic mass is 35.5. The average molecular weight is 325 g/mol. The molecule has 2 aromatic rings. The van der Waals surface area contributed by atoms with Crippen LogP contribution in [-0.2, 0) is 6.61 Å². The van der Waals surface area contributed by atoms with E-state index in [9.17, 15) is 8.78 Å². The van der Waals surface area contributed by atoms with Crippen LogP contribution in [0.4, 0.5) is 8.78 Å². The Morgan fingerprint density at radius 2 is 1.86 bits per heavy atom. The summed E-state index contributed by atoms with van der Waals surface area (Å²) in [5, 5.41) is 0.0433. The lowest BCUT2D eigenvalue weighted by molar-refractivity contribution is 0.293. The highest BCUT2D eigenvalue weighted by Gasteiger charge is 2.27. The third-order valence-corrected chi connectivity index (χ3v) is 4.05. The summed E-state index contributed by atoms with van der Waals surface area (Å²) >= 11 is 5.89. The molecule has 0 aromatic heterocycles. The molecule has 0 aliphatic heterocycles. The lowest BCUT2D eigenvalue weighted by Gasteiger charge is -2.15. The third-order valence-electron chi connectivity index (χ3n) is 3.75. The van der Waals surface area contributed by atoms with Crippen molar-refractivity contribution in [3.63, 3.8) is 0 Å². The van der Waals surface area contributed by atoms with E-state index < -0.39 is 11.6 Å². The zero-order valence-corrected chi connectivity index (χ0v) is 12.8. The Labute approximate surface area is 132 Å². The van der Waals surface area contributed by atoms with Crippen LogP contribution in [0.3, 0.4) is 0 Å². The standard InChI is InChI=1S/C17H15ClF2O2/c1-21-16-4-2-3-11(10-5-6-10)12(16)9-22-17-8-15(20)14(19)7-13(17)18/h2-4,7-8,10H,5-6,9H2,1H3. The first-order valence-electron chi connectivity index (χ1n) is 7.03. The maximum absolute atomic E-state index is 13.3. The Kier molecular flexibility index (Phi) is 4.21. The zero-order chi connectivity index (χ0) is 15.7. The summed E-state index contributed by atoms with van der Waals surface area (Å²) in [6, 6.07) is 7.73. The van der Waals surface area contributed by atoms with Gasteiger partial charge in [-0.25, -0.2) is 8.78 Å². The van der Waals surface area contributed by atoms with Crippen LogP contribution >= 0.6 is 11.6 Å². The molecular formula is C17H15ClF2O2. The summed E-state index contributed by atoms with van der Waals surface area (Å²) < 4.78 is 37.4. The van der Waals surface area contributed by atoms with Crippen molar-refractivity contribution in [3.05, 3.63) is 58.1 Å². The molecule has 0 heterocycles. The number of rotatable bonds is 5. The quantitative estimate of drug-likeness (QED) is 0.714. The molecule has 0 saturated heterocycles. The van der Waals surface area contributed by atoms with Crippen molar-refractivity contribution >= 4 is 11.6 Å². The number of hydrogen-bond acceptors (Lipinski definition) is 2. The van der Waals surface area contributed by atoms with Crippen LogP contribution in [0.1, 0.15) is 29.9 Å². The van der Waals surface area contributed by atoms with E-state index in [-0.39, 0.29) is 17.4 Å². The number of ether oxygens (including phenoxy) is 2. The van der Waals surface area contributed by atoms with Crippen molar-refractivity contribution in [1.29, 1.82) is 0 Å². The van der Waals surface area contributed by atoms with E-state index in [1.165, 1.54) is 5.56 Å². The molecule has 2 aromatic carbocycles. The third kappa shape index (κ3) is 3.02. The maximum Gasteiger partial charge on any atom is 0.162 e. The normalized spacial score (nSPS) is 14.0. The molecular weight excluding hydrogens is 310 g/mol. The summed E-state index contributed by atoms with van der Waals surface area (Å²) in [4.78, 5) is 0. The smallest absolute Gasteiger partial charge is 0.162 e. The Bertz CT molecular complexity index is 699. The largest absolute Gasteiger partial charge is 0.496 e. The Morgan fingerprint density at radius 1 is 1.14 bits per heavy atom. The lowest BCUT2D eigenvalue weighted by atomic mass is 10.0. The molecule has 3 rings (SSSR count). The molecule has 0 unspecified atom stereocenters. The minimum atomic E-state index is -0.992. The van der Waals surface area contributed by atoms with Gasteiger partial charge in [0, 0.05) is 11.6 Å². The topological polar surface area (TPSA) is 18.5 Å². The van der Waals surface area contributed by atoms with Crippen molar-refractivity contribution in [2.45, 2.75) is 25.4 Å². The molecule has 22 heavy (non-hydrogen) atoms. The van der Waals surface area contributed by atoms with Gasteiger partial charge in [0.15, 0.2) is 11.6 Å². The van der Waals surface area contributed by atoms with Gasteiger partial charge in [-0.15, -0.1) is 0 Å². The fraction of sp³-hybridized carbons (Fsp3) is 0.294. The van der Waals surface area contributed by atoms with Gasteiger partial charge in [0.05, 0.1) is 12.1 Å². The number of methoxy groups -OCH3 is 1. The van der Waals surface area contributed by atoms with Crippen molar-refractivity contribution in [3.8, 4) is 11.5 Å². The summed E-state index contributed by atoms with van der Waals surface area (Å²) in [7, 11) is 1.60. The van der Waals surface area contributed by atoms with Gasteiger partial charge >= 0.3 is 0 Å². The minimum Gasteiger partial charge on any atom is -0.496 e. The van der Waals surface area contributed by atoms with Crippen LogP contribution in [0, 0.1) is 11.6 Å². The van der Waals surface area contributed by atoms with E-state index in [0.29, 0.717) is 5.92 Å². The van der Waals surface area contributed by atoms with Gasteiger partial charge in [-0.05, 0) is 36.5 Å². The van der Waals surface area contributed by atoms with Crippen LogP contribution in [0.25, 0.3) is 0 Å². The van der Waals surface area contributed by atoms with E-state index in [1.54, 1.807) is 7.11 Å². The van der Waals surface area contributed by atoms with Gasteiger partial charge in [0.2, 0.25) is 0 Å². The van der Waals surface area contributed by atoms with Crippen molar-refractivity contribution in [2.75, 3.05) is 7.11 Å². The van der Waals surface area contributed by atoms with E-state index in [4.69, 9.17) is 21.1 Å². The van der Waals surface area contributed by atoms with Crippen LogP contribution < -0.4 is 9.47 Å². The van der Waals surface area contributed by atoms with Crippen molar-refractivity contribution < 1.29 is 18.3 Å². The van der Waals surface area contributed by atoms with Crippen molar-refractivity contribution in [2.24, 2.45) is 0 Å². The average Bonchev–Trinajstić information content (AvgIpc) is 3.34. The second-order valence-corrected chi connectivity index (χ2v) is 5.69. The van der Waals surface area contributed by atoms with Gasteiger partial charge in [0.25, 0.3) is 0 Å². The summed E-state index contributed by atoms with van der Waals surface area (Å²) in [5.74, 6) is -0.611. The molecule has 0 amide bonds. The summed E-state index contributed by atoms with van der Waals surface area (Å²) in [5.41, 5.74) is 2.10. The van der Waals surface area contributed by atoms with Crippen LogP contribution in [-0.4, -0.2) is 7.11 Å². The van der Waals surface area contributed by atoms with Gasteiger partial charge in [-0.2, -0.15) is 0 Å². The highest BCUT2D eigenvalue weighted by molar-refractivity contribution is 6.32. The molecule has 2 nitrogen and oxygen atoms in total. The molecule has 5 heteroatoms. The van der Waals surface area contributed by atoms with Gasteiger partial charge < -0.3 is 9.47 Å². The van der Waals surface area contributed by atoms with Crippen LogP contribution in [0.2, 0.25) is 5.02 Å². The van der Waals surface area contributed by atoms with Gasteiger partial charge in [0.1, 0.15) is 18.1 Å². The van der Waals surface area contributed by atoms with Crippen molar-refractivity contribution in [1.82, 2.24) is 0 Å². The molecule has 0 spiro atoms. The predicted molar refractivity (Wildman–Crippen MR) is 80.7 cm³/mol. The fourth-order valence-electron chi connectivity index (χ4n) is 2.47. The fourth-order valence-corrected chi connectivity index (χ4v) is 2.67. The summed E-state index contributed by atoms with van der Waals surface area (Å²) in [6.45, 7) is 0.195. The Balaban J connectivity index is 1.86. The zero-order valence-electron chi connectivity index (χ0n) is 12.0. The van der Waals surface area contributed by atoms with Crippen LogP contribution in [0.5, 0.6) is 11.5 Å². The van der Waals surface area contributed by atoms with Gasteiger partial charge in [-0.3, -0.25) is 0 Å². The number of benzene rings is 2. The van der Waals surface area contributed by atoms with E-state index in [2.05, 4.69) is 0 Å².